The zero-order chi connectivity index (χ0) is 18.2. The van der Waals surface area contributed by atoms with Crippen LogP contribution in [0.4, 0.5) is 5.69 Å². The quantitative estimate of drug-likeness (QED) is 0.561. The summed E-state index contributed by atoms with van der Waals surface area (Å²) in [6, 6.07) is 5.82. The molecule has 0 aliphatic heterocycles. The van der Waals surface area contributed by atoms with Gasteiger partial charge < -0.3 is 5.32 Å². The molecule has 1 amide bonds. The summed E-state index contributed by atoms with van der Waals surface area (Å²) in [7, 11) is -3.76. The Hall–Kier alpha value is -2.86. The molecular formula is C18H20N2O3S. The van der Waals surface area contributed by atoms with Gasteiger partial charge in [0.25, 0.3) is 15.9 Å². The van der Waals surface area contributed by atoms with E-state index < -0.39 is 10.0 Å². The van der Waals surface area contributed by atoms with Crippen LogP contribution in [0.15, 0.2) is 90.5 Å². The van der Waals surface area contributed by atoms with Gasteiger partial charge in [0.1, 0.15) is 0 Å². The van der Waals surface area contributed by atoms with E-state index in [1.165, 1.54) is 42.5 Å². The Morgan fingerprint density at radius 3 is 2.25 bits per heavy atom. The average molecular weight is 344 g/mol. The van der Waals surface area contributed by atoms with Crippen LogP contribution in [0.1, 0.15) is 6.92 Å². The van der Waals surface area contributed by atoms with Crippen molar-refractivity contribution in [2.24, 2.45) is 0 Å². The Morgan fingerprint density at radius 1 is 1.12 bits per heavy atom. The zero-order valence-corrected chi connectivity index (χ0v) is 14.3. The van der Waals surface area contributed by atoms with E-state index in [2.05, 4.69) is 29.8 Å². The van der Waals surface area contributed by atoms with E-state index in [9.17, 15) is 13.2 Å². The van der Waals surface area contributed by atoms with Gasteiger partial charge in [-0.3, -0.25) is 9.52 Å². The summed E-state index contributed by atoms with van der Waals surface area (Å²) in [5.41, 5.74) is 1.20. The maximum Gasteiger partial charge on any atom is 0.261 e. The van der Waals surface area contributed by atoms with Gasteiger partial charge in [-0.25, -0.2) is 8.42 Å². The number of amides is 1. The molecule has 0 aliphatic carbocycles. The molecule has 6 heteroatoms. The maximum absolute atomic E-state index is 12.4. The van der Waals surface area contributed by atoms with E-state index in [0.29, 0.717) is 17.0 Å². The van der Waals surface area contributed by atoms with Crippen molar-refractivity contribution in [2.75, 3.05) is 5.32 Å². The van der Waals surface area contributed by atoms with Gasteiger partial charge in [0, 0.05) is 17.0 Å². The third kappa shape index (κ3) is 5.73. The summed E-state index contributed by atoms with van der Waals surface area (Å²) in [6.07, 6.45) is 7.70. The van der Waals surface area contributed by atoms with Crippen LogP contribution in [-0.4, -0.2) is 14.3 Å². The SMILES string of the molecule is C=C/C=C\C(=C/C=C)NS(=O)(=O)c1ccc(NC(=O)C(=C)C)cc1. The summed E-state index contributed by atoms with van der Waals surface area (Å²) in [5, 5.41) is 2.61. The van der Waals surface area contributed by atoms with E-state index in [4.69, 9.17) is 0 Å². The fourth-order valence-electron chi connectivity index (χ4n) is 1.59. The summed E-state index contributed by atoms with van der Waals surface area (Å²) in [6.45, 7) is 12.2. The highest BCUT2D eigenvalue weighted by atomic mass is 32.2. The average Bonchev–Trinajstić information content (AvgIpc) is 2.53. The highest BCUT2D eigenvalue weighted by Crippen LogP contribution is 2.15. The zero-order valence-electron chi connectivity index (χ0n) is 13.5. The normalized spacial score (nSPS) is 11.8. The fourth-order valence-corrected chi connectivity index (χ4v) is 2.65. The van der Waals surface area contributed by atoms with Crippen molar-refractivity contribution in [3.8, 4) is 0 Å². The summed E-state index contributed by atoms with van der Waals surface area (Å²) in [5.74, 6) is -0.325. The Kier molecular flexibility index (Phi) is 6.95. The Labute approximate surface area is 142 Å². The summed E-state index contributed by atoms with van der Waals surface area (Å²) < 4.78 is 27.2. The second kappa shape index (κ2) is 8.69. The number of allylic oxidation sites excluding steroid dienone is 5. The van der Waals surface area contributed by atoms with Crippen molar-refractivity contribution >= 4 is 21.6 Å². The molecule has 0 saturated carbocycles. The predicted molar refractivity (Wildman–Crippen MR) is 97.8 cm³/mol. The van der Waals surface area contributed by atoms with Crippen molar-refractivity contribution in [2.45, 2.75) is 11.8 Å². The number of carbonyl (C=O) groups excluding carboxylic acids is 1. The van der Waals surface area contributed by atoms with Gasteiger partial charge in [0.05, 0.1) is 4.90 Å². The van der Waals surface area contributed by atoms with Crippen LogP contribution >= 0.6 is 0 Å². The first kappa shape index (κ1) is 19.2. The summed E-state index contributed by atoms with van der Waals surface area (Å²) >= 11 is 0. The second-order valence-electron chi connectivity index (χ2n) is 4.82. The third-order valence-electron chi connectivity index (χ3n) is 2.77. The minimum atomic E-state index is -3.76. The summed E-state index contributed by atoms with van der Waals surface area (Å²) in [4.78, 5) is 11.6. The number of benzene rings is 1. The molecule has 0 atom stereocenters. The molecule has 24 heavy (non-hydrogen) atoms. The van der Waals surface area contributed by atoms with Crippen LogP contribution in [0.5, 0.6) is 0 Å². The largest absolute Gasteiger partial charge is 0.322 e. The standard InChI is InChI=1S/C18H20N2O3S/c1-5-7-9-16(8-6-2)20-24(22,23)17-12-10-15(11-13-17)19-18(21)14(3)4/h5-13,20H,1-3H2,4H3,(H,19,21)/b9-7-,16-8+. The number of sulfonamides is 1. The van der Waals surface area contributed by atoms with Gasteiger partial charge >= 0.3 is 0 Å². The number of hydrogen-bond acceptors (Lipinski definition) is 3. The molecule has 0 radical (unpaired) electrons. The monoisotopic (exact) mass is 344 g/mol. The number of anilines is 1. The number of rotatable bonds is 8. The molecule has 0 aliphatic rings. The van der Waals surface area contributed by atoms with Crippen molar-refractivity contribution in [1.82, 2.24) is 4.72 Å². The molecule has 2 N–H and O–H groups in total. The van der Waals surface area contributed by atoms with Crippen molar-refractivity contribution in [3.63, 3.8) is 0 Å². The van der Waals surface area contributed by atoms with E-state index in [0.717, 1.165) is 0 Å². The molecule has 0 bridgehead atoms. The third-order valence-corrected chi connectivity index (χ3v) is 4.17. The molecule has 1 rings (SSSR count). The highest BCUT2D eigenvalue weighted by Gasteiger charge is 2.14. The van der Waals surface area contributed by atoms with E-state index in [1.807, 2.05) is 0 Å². The molecule has 0 unspecified atom stereocenters. The minimum absolute atomic E-state index is 0.0674. The molecule has 1 aromatic rings. The first-order valence-corrected chi connectivity index (χ1v) is 8.50. The topological polar surface area (TPSA) is 75.3 Å². The van der Waals surface area contributed by atoms with E-state index >= 15 is 0 Å². The molecule has 0 fully saturated rings. The Balaban J connectivity index is 2.98. The van der Waals surface area contributed by atoms with Gasteiger partial charge in [-0.05, 0) is 43.3 Å². The predicted octanol–water partition coefficient (Wildman–Crippen LogP) is 3.29. The van der Waals surface area contributed by atoms with Crippen LogP contribution in [-0.2, 0) is 14.8 Å². The molecule has 0 saturated heterocycles. The lowest BCUT2D eigenvalue weighted by atomic mass is 10.3. The van der Waals surface area contributed by atoms with Gasteiger partial charge in [-0.2, -0.15) is 0 Å². The Bertz CT molecular complexity index is 801. The molecule has 126 valence electrons. The van der Waals surface area contributed by atoms with Crippen molar-refractivity contribution in [3.05, 3.63) is 85.7 Å². The van der Waals surface area contributed by atoms with Crippen LogP contribution < -0.4 is 10.0 Å². The second-order valence-corrected chi connectivity index (χ2v) is 6.50. The molecule has 1 aromatic carbocycles. The highest BCUT2D eigenvalue weighted by molar-refractivity contribution is 7.89. The van der Waals surface area contributed by atoms with Crippen LogP contribution in [0.3, 0.4) is 0 Å². The van der Waals surface area contributed by atoms with Crippen LogP contribution in [0.25, 0.3) is 0 Å². The van der Waals surface area contributed by atoms with E-state index in [-0.39, 0.29) is 10.8 Å². The fraction of sp³-hybridized carbons (Fsp3) is 0.0556. The minimum Gasteiger partial charge on any atom is -0.322 e. The molecule has 0 heterocycles. The molecule has 5 nitrogen and oxygen atoms in total. The lowest BCUT2D eigenvalue weighted by Crippen LogP contribution is -2.22. The number of nitrogens with one attached hydrogen (secondary N) is 2. The number of hydrogen-bond donors (Lipinski definition) is 2. The number of carbonyl (C=O) groups is 1. The lowest BCUT2D eigenvalue weighted by Gasteiger charge is -2.10. The molecular weight excluding hydrogens is 324 g/mol. The van der Waals surface area contributed by atoms with Gasteiger partial charge in [0.2, 0.25) is 0 Å². The van der Waals surface area contributed by atoms with Gasteiger partial charge in [0.15, 0.2) is 0 Å². The first-order chi connectivity index (χ1) is 11.3. The van der Waals surface area contributed by atoms with Crippen molar-refractivity contribution < 1.29 is 13.2 Å². The first-order valence-electron chi connectivity index (χ1n) is 7.01. The smallest absolute Gasteiger partial charge is 0.261 e. The lowest BCUT2D eigenvalue weighted by molar-refractivity contribution is -0.112. The Morgan fingerprint density at radius 2 is 1.75 bits per heavy atom. The maximum atomic E-state index is 12.4. The molecule has 0 aromatic heterocycles. The van der Waals surface area contributed by atoms with Gasteiger partial charge in [-0.15, -0.1) is 0 Å². The van der Waals surface area contributed by atoms with E-state index in [1.54, 1.807) is 19.1 Å². The van der Waals surface area contributed by atoms with Crippen LogP contribution in [0.2, 0.25) is 0 Å². The van der Waals surface area contributed by atoms with Crippen molar-refractivity contribution in [1.29, 1.82) is 0 Å². The van der Waals surface area contributed by atoms with Crippen LogP contribution in [0, 0.1) is 0 Å². The van der Waals surface area contributed by atoms with Gasteiger partial charge in [-0.1, -0.05) is 38.0 Å². The molecule has 0 spiro atoms.